The van der Waals surface area contributed by atoms with Gasteiger partial charge in [0, 0.05) is 22.8 Å². The maximum Gasteiger partial charge on any atom is 0.258 e. The summed E-state index contributed by atoms with van der Waals surface area (Å²) >= 11 is 0. The summed E-state index contributed by atoms with van der Waals surface area (Å²) < 4.78 is 18.8. The minimum Gasteiger partial charge on any atom is -0.338 e. The monoisotopic (exact) mass is 384 g/mol. The fourth-order valence-corrected chi connectivity index (χ4v) is 3.45. The van der Waals surface area contributed by atoms with E-state index >= 15 is 0 Å². The second kappa shape index (κ2) is 6.67. The quantitative estimate of drug-likeness (QED) is 0.433. The van der Waals surface area contributed by atoms with Gasteiger partial charge in [-0.2, -0.15) is 4.98 Å². The van der Waals surface area contributed by atoms with E-state index in [0.717, 1.165) is 33.3 Å². The van der Waals surface area contributed by atoms with E-state index in [2.05, 4.69) is 26.2 Å². The zero-order chi connectivity index (χ0) is 20.0. The molecule has 0 aliphatic heterocycles. The van der Waals surface area contributed by atoms with Crippen molar-refractivity contribution in [1.82, 2.24) is 20.1 Å². The van der Waals surface area contributed by atoms with Crippen LogP contribution >= 0.6 is 0 Å². The molecule has 0 fully saturated rings. The largest absolute Gasteiger partial charge is 0.338 e. The van der Waals surface area contributed by atoms with E-state index in [-0.39, 0.29) is 5.82 Å². The highest BCUT2D eigenvalue weighted by molar-refractivity contribution is 5.79. The normalized spacial score (nSPS) is 11.3. The number of hydrogen-bond acceptors (Lipinski definition) is 4. The zero-order valence-corrected chi connectivity index (χ0v) is 15.9. The summed E-state index contributed by atoms with van der Waals surface area (Å²) in [5.41, 5.74) is 6.33. The van der Waals surface area contributed by atoms with Crippen LogP contribution in [0.2, 0.25) is 0 Å². The van der Waals surface area contributed by atoms with Crippen molar-refractivity contribution in [2.75, 3.05) is 0 Å². The van der Waals surface area contributed by atoms with Crippen molar-refractivity contribution in [3.8, 4) is 34.2 Å². The molecule has 6 heteroatoms. The van der Waals surface area contributed by atoms with Gasteiger partial charge in [-0.05, 0) is 38.1 Å². The van der Waals surface area contributed by atoms with E-state index in [4.69, 9.17) is 4.52 Å². The van der Waals surface area contributed by atoms with E-state index in [1.165, 1.54) is 12.1 Å². The molecule has 5 rings (SSSR count). The summed E-state index contributed by atoms with van der Waals surface area (Å²) in [5.74, 6) is 1.40. The third-order valence-corrected chi connectivity index (χ3v) is 4.76. The van der Waals surface area contributed by atoms with Crippen molar-refractivity contribution in [3.05, 3.63) is 77.6 Å². The van der Waals surface area contributed by atoms with Crippen LogP contribution in [0.3, 0.4) is 0 Å². The molecule has 142 valence electrons. The SMILES string of the molecule is Cc1cc(C)cc(-c2nc(-c3ccc(-c4nc5cc(F)ccc5[nH]4)cc3)no2)c1. The molecule has 0 radical (unpaired) electrons. The maximum absolute atomic E-state index is 13.4. The lowest BCUT2D eigenvalue weighted by molar-refractivity contribution is 0.432. The lowest BCUT2D eigenvalue weighted by atomic mass is 10.1. The average Bonchev–Trinajstić information content (AvgIpc) is 3.34. The number of aryl methyl sites for hydroxylation is 2. The topological polar surface area (TPSA) is 67.6 Å². The fraction of sp³-hybridized carbons (Fsp3) is 0.0870. The van der Waals surface area contributed by atoms with Crippen LogP contribution in [-0.2, 0) is 0 Å². The number of nitrogens with zero attached hydrogens (tertiary/aromatic N) is 3. The Morgan fingerprint density at radius 3 is 2.28 bits per heavy atom. The summed E-state index contributed by atoms with van der Waals surface area (Å²) in [6.45, 7) is 4.08. The van der Waals surface area contributed by atoms with Gasteiger partial charge < -0.3 is 9.51 Å². The van der Waals surface area contributed by atoms with Crippen molar-refractivity contribution < 1.29 is 8.91 Å². The molecule has 5 aromatic rings. The molecule has 0 aliphatic carbocycles. The van der Waals surface area contributed by atoms with Gasteiger partial charge in [0.05, 0.1) is 11.0 Å². The molecular formula is C23H17FN4O. The van der Waals surface area contributed by atoms with Crippen LogP contribution < -0.4 is 0 Å². The molecule has 0 bridgehead atoms. The number of aromatic nitrogens is 4. The Kier molecular flexibility index (Phi) is 3.98. The second-order valence-electron chi connectivity index (χ2n) is 7.12. The Balaban J connectivity index is 1.45. The fourth-order valence-electron chi connectivity index (χ4n) is 3.45. The standard InChI is InChI=1S/C23H17FN4O/c1-13-9-14(2)11-17(10-13)23-27-22(28-29-23)16-5-3-15(4-6-16)21-25-19-8-7-18(24)12-20(19)26-21/h3-12H,1-2H3,(H,25,26). The molecule has 0 saturated heterocycles. The number of hydrogen-bond donors (Lipinski definition) is 1. The number of nitrogens with one attached hydrogen (secondary N) is 1. The minimum atomic E-state index is -0.303. The number of halogens is 1. The third-order valence-electron chi connectivity index (χ3n) is 4.76. The number of H-pyrrole nitrogens is 1. The van der Waals surface area contributed by atoms with E-state index in [1.54, 1.807) is 6.07 Å². The summed E-state index contributed by atoms with van der Waals surface area (Å²) in [6, 6.07) is 18.4. The predicted octanol–water partition coefficient (Wildman–Crippen LogP) is 5.70. The van der Waals surface area contributed by atoms with Crippen molar-refractivity contribution in [2.45, 2.75) is 13.8 Å². The van der Waals surface area contributed by atoms with Gasteiger partial charge in [0.25, 0.3) is 5.89 Å². The molecule has 1 N–H and O–H groups in total. The molecule has 5 nitrogen and oxygen atoms in total. The summed E-state index contributed by atoms with van der Waals surface area (Å²) in [6.07, 6.45) is 0. The van der Waals surface area contributed by atoms with Crippen LogP contribution in [-0.4, -0.2) is 20.1 Å². The number of aromatic amines is 1. The molecular weight excluding hydrogens is 367 g/mol. The highest BCUT2D eigenvalue weighted by Gasteiger charge is 2.12. The Morgan fingerprint density at radius 2 is 1.52 bits per heavy atom. The second-order valence-corrected chi connectivity index (χ2v) is 7.12. The van der Waals surface area contributed by atoms with E-state index < -0.39 is 0 Å². The van der Waals surface area contributed by atoms with Crippen LogP contribution in [0.15, 0.2) is 65.2 Å². The molecule has 2 aromatic heterocycles. The van der Waals surface area contributed by atoms with Gasteiger partial charge in [0.15, 0.2) is 0 Å². The summed E-state index contributed by atoms with van der Waals surface area (Å²) in [4.78, 5) is 12.2. The first-order chi connectivity index (χ1) is 14.0. The first-order valence-electron chi connectivity index (χ1n) is 9.24. The van der Waals surface area contributed by atoms with Crippen LogP contribution in [0, 0.1) is 19.7 Å². The highest BCUT2D eigenvalue weighted by atomic mass is 19.1. The predicted molar refractivity (Wildman–Crippen MR) is 110 cm³/mol. The van der Waals surface area contributed by atoms with E-state index in [1.807, 2.05) is 50.2 Å². The molecule has 0 saturated carbocycles. The first-order valence-corrected chi connectivity index (χ1v) is 9.24. The van der Waals surface area contributed by atoms with Crippen molar-refractivity contribution in [1.29, 1.82) is 0 Å². The van der Waals surface area contributed by atoms with Gasteiger partial charge in [-0.25, -0.2) is 9.37 Å². The van der Waals surface area contributed by atoms with Gasteiger partial charge in [-0.3, -0.25) is 0 Å². The number of rotatable bonds is 3. The average molecular weight is 384 g/mol. The van der Waals surface area contributed by atoms with Crippen molar-refractivity contribution >= 4 is 11.0 Å². The van der Waals surface area contributed by atoms with Crippen LogP contribution in [0.5, 0.6) is 0 Å². The summed E-state index contributed by atoms with van der Waals surface area (Å²) in [7, 11) is 0. The zero-order valence-electron chi connectivity index (χ0n) is 15.9. The molecule has 0 unspecified atom stereocenters. The maximum atomic E-state index is 13.4. The first kappa shape index (κ1) is 17.3. The Labute approximate surface area is 166 Å². The van der Waals surface area contributed by atoms with Gasteiger partial charge in [-0.1, -0.05) is 46.6 Å². The molecule has 0 amide bonds. The lowest BCUT2D eigenvalue weighted by Crippen LogP contribution is -1.85. The molecule has 0 spiro atoms. The third kappa shape index (κ3) is 3.29. The van der Waals surface area contributed by atoms with Gasteiger partial charge in [-0.15, -0.1) is 0 Å². The molecule has 3 aromatic carbocycles. The van der Waals surface area contributed by atoms with E-state index in [0.29, 0.717) is 23.1 Å². The van der Waals surface area contributed by atoms with Gasteiger partial charge >= 0.3 is 0 Å². The van der Waals surface area contributed by atoms with Crippen LogP contribution in [0.1, 0.15) is 11.1 Å². The van der Waals surface area contributed by atoms with Crippen LogP contribution in [0.25, 0.3) is 45.3 Å². The molecule has 2 heterocycles. The summed E-state index contributed by atoms with van der Waals surface area (Å²) in [5, 5.41) is 4.12. The number of benzene rings is 3. The van der Waals surface area contributed by atoms with Crippen molar-refractivity contribution in [2.24, 2.45) is 0 Å². The Morgan fingerprint density at radius 1 is 0.793 bits per heavy atom. The molecule has 0 atom stereocenters. The number of fused-ring (bicyclic) bond motifs is 1. The van der Waals surface area contributed by atoms with Gasteiger partial charge in [0.2, 0.25) is 5.82 Å². The Bertz CT molecular complexity index is 1310. The number of imidazole rings is 1. The van der Waals surface area contributed by atoms with E-state index in [9.17, 15) is 4.39 Å². The smallest absolute Gasteiger partial charge is 0.258 e. The van der Waals surface area contributed by atoms with Gasteiger partial charge in [0.1, 0.15) is 11.6 Å². The van der Waals surface area contributed by atoms with Crippen molar-refractivity contribution in [3.63, 3.8) is 0 Å². The minimum absolute atomic E-state index is 0.303. The molecule has 0 aliphatic rings. The Hall–Kier alpha value is -3.80. The molecule has 29 heavy (non-hydrogen) atoms. The lowest BCUT2D eigenvalue weighted by Gasteiger charge is -2.00. The van der Waals surface area contributed by atoms with Crippen LogP contribution in [0.4, 0.5) is 4.39 Å². The highest BCUT2D eigenvalue weighted by Crippen LogP contribution is 2.26.